The van der Waals surface area contributed by atoms with Gasteiger partial charge in [-0.3, -0.25) is 9.59 Å². The van der Waals surface area contributed by atoms with E-state index in [2.05, 4.69) is 10.6 Å². The Labute approximate surface area is 145 Å². The fourth-order valence-corrected chi connectivity index (χ4v) is 3.51. The van der Waals surface area contributed by atoms with Gasteiger partial charge in [-0.05, 0) is 31.0 Å². The number of nitrogens with one attached hydrogen (secondary N) is 2. The molecule has 2 fully saturated rings. The molecule has 0 spiro atoms. The van der Waals surface area contributed by atoms with Crippen LogP contribution >= 0.6 is 23.2 Å². The van der Waals surface area contributed by atoms with Gasteiger partial charge >= 0.3 is 0 Å². The van der Waals surface area contributed by atoms with Gasteiger partial charge in [0.1, 0.15) is 6.04 Å². The molecule has 2 saturated heterocycles. The van der Waals surface area contributed by atoms with Crippen molar-refractivity contribution in [3.05, 3.63) is 33.8 Å². The third-order valence-corrected chi connectivity index (χ3v) is 4.79. The average molecular weight is 356 g/mol. The molecule has 1 unspecified atom stereocenters. The van der Waals surface area contributed by atoms with Crippen LogP contribution in [0.3, 0.4) is 0 Å². The zero-order valence-corrected chi connectivity index (χ0v) is 14.2. The van der Waals surface area contributed by atoms with E-state index in [1.165, 1.54) is 0 Å². The third kappa shape index (κ3) is 3.79. The normalized spacial score (nSPS) is 21.1. The van der Waals surface area contributed by atoms with Gasteiger partial charge < -0.3 is 15.5 Å². The van der Waals surface area contributed by atoms with Crippen LogP contribution in [0.2, 0.25) is 10.0 Å². The number of carbonyl (C=O) groups is 2. The van der Waals surface area contributed by atoms with Crippen LogP contribution in [-0.4, -0.2) is 48.9 Å². The van der Waals surface area contributed by atoms with Crippen LogP contribution in [0.1, 0.15) is 23.2 Å². The third-order valence-electron chi connectivity index (χ3n) is 4.36. The van der Waals surface area contributed by atoms with Crippen molar-refractivity contribution in [2.24, 2.45) is 5.92 Å². The second-order valence-electron chi connectivity index (χ2n) is 6.08. The van der Waals surface area contributed by atoms with Crippen molar-refractivity contribution in [1.82, 2.24) is 15.5 Å². The molecule has 2 N–H and O–H groups in total. The molecule has 5 nitrogen and oxygen atoms in total. The number of nitrogens with zero attached hydrogens (tertiary/aromatic N) is 1. The topological polar surface area (TPSA) is 61.4 Å². The summed E-state index contributed by atoms with van der Waals surface area (Å²) in [7, 11) is 0. The Morgan fingerprint density at radius 3 is 2.52 bits per heavy atom. The first-order chi connectivity index (χ1) is 11.0. The number of halogens is 2. The van der Waals surface area contributed by atoms with Gasteiger partial charge in [0.2, 0.25) is 5.91 Å². The number of likely N-dealkylation sites (tertiary alicyclic amines) is 1. The van der Waals surface area contributed by atoms with Gasteiger partial charge in [-0.15, -0.1) is 0 Å². The van der Waals surface area contributed by atoms with E-state index < -0.39 is 6.04 Å². The van der Waals surface area contributed by atoms with Crippen molar-refractivity contribution < 1.29 is 9.59 Å². The molecule has 3 rings (SSSR count). The van der Waals surface area contributed by atoms with Crippen LogP contribution in [0, 0.1) is 5.92 Å². The van der Waals surface area contributed by atoms with Crippen LogP contribution in [-0.2, 0) is 4.79 Å². The fraction of sp³-hybridized carbons (Fsp3) is 0.500. The molecule has 1 aromatic rings. The Balaban J connectivity index is 1.67. The standard InChI is InChI=1S/C16H19Cl2N3O2/c17-12-4-11(5-13(18)6-12)16(23)21-3-1-2-14(21)15(22)20-9-10-7-19-8-10/h4-6,10,14,19H,1-3,7-9H2,(H,20,22). The number of hydrogen-bond donors (Lipinski definition) is 2. The first-order valence-electron chi connectivity index (χ1n) is 7.80. The van der Waals surface area contributed by atoms with E-state index in [1.54, 1.807) is 23.1 Å². The predicted molar refractivity (Wildman–Crippen MR) is 89.9 cm³/mol. The zero-order valence-electron chi connectivity index (χ0n) is 12.6. The van der Waals surface area contributed by atoms with E-state index in [0.717, 1.165) is 19.5 Å². The molecule has 23 heavy (non-hydrogen) atoms. The minimum atomic E-state index is -0.409. The number of hydrogen-bond acceptors (Lipinski definition) is 3. The summed E-state index contributed by atoms with van der Waals surface area (Å²) in [4.78, 5) is 26.7. The zero-order chi connectivity index (χ0) is 16.4. The molecule has 0 radical (unpaired) electrons. The molecule has 2 heterocycles. The summed E-state index contributed by atoms with van der Waals surface area (Å²) < 4.78 is 0. The first kappa shape index (κ1) is 16.6. The van der Waals surface area contributed by atoms with Crippen LogP contribution < -0.4 is 10.6 Å². The summed E-state index contributed by atoms with van der Waals surface area (Å²) in [6.07, 6.45) is 1.51. The van der Waals surface area contributed by atoms with Gasteiger partial charge in [0.15, 0.2) is 0 Å². The highest BCUT2D eigenvalue weighted by Gasteiger charge is 2.35. The monoisotopic (exact) mass is 355 g/mol. The molecule has 2 amide bonds. The highest BCUT2D eigenvalue weighted by molar-refractivity contribution is 6.35. The Kier molecular flexibility index (Phi) is 5.09. The SMILES string of the molecule is O=C(NCC1CNC1)C1CCCN1C(=O)c1cc(Cl)cc(Cl)c1. The van der Waals surface area contributed by atoms with E-state index in [0.29, 0.717) is 41.0 Å². The first-order valence-corrected chi connectivity index (χ1v) is 8.55. The summed E-state index contributed by atoms with van der Waals surface area (Å²) in [6, 6.07) is 4.35. The molecule has 0 aromatic heterocycles. The highest BCUT2D eigenvalue weighted by atomic mass is 35.5. The molecule has 124 valence electrons. The largest absolute Gasteiger partial charge is 0.354 e. The smallest absolute Gasteiger partial charge is 0.254 e. The van der Waals surface area contributed by atoms with Crippen molar-refractivity contribution in [1.29, 1.82) is 0 Å². The quantitative estimate of drug-likeness (QED) is 0.867. The molecule has 1 aromatic carbocycles. The Morgan fingerprint density at radius 2 is 1.91 bits per heavy atom. The number of rotatable bonds is 4. The minimum absolute atomic E-state index is 0.0733. The van der Waals surface area contributed by atoms with Gasteiger partial charge in [0, 0.05) is 47.7 Å². The lowest BCUT2D eigenvalue weighted by molar-refractivity contribution is -0.125. The maximum Gasteiger partial charge on any atom is 0.254 e. The molecule has 2 aliphatic heterocycles. The minimum Gasteiger partial charge on any atom is -0.354 e. The van der Waals surface area contributed by atoms with Crippen molar-refractivity contribution in [2.45, 2.75) is 18.9 Å². The molecule has 0 saturated carbocycles. The van der Waals surface area contributed by atoms with E-state index in [1.807, 2.05) is 0 Å². The van der Waals surface area contributed by atoms with E-state index >= 15 is 0 Å². The van der Waals surface area contributed by atoms with Gasteiger partial charge in [-0.25, -0.2) is 0 Å². The van der Waals surface area contributed by atoms with Gasteiger partial charge in [-0.1, -0.05) is 23.2 Å². The number of amides is 2. The van der Waals surface area contributed by atoms with Crippen molar-refractivity contribution in [3.8, 4) is 0 Å². The van der Waals surface area contributed by atoms with Crippen molar-refractivity contribution >= 4 is 35.0 Å². The summed E-state index contributed by atoms with van der Waals surface area (Å²) in [5.74, 6) is 0.226. The maximum atomic E-state index is 12.7. The number of carbonyl (C=O) groups excluding carboxylic acids is 2. The summed E-state index contributed by atoms with van der Waals surface area (Å²) in [6.45, 7) is 3.11. The molecule has 1 atom stereocenters. The summed E-state index contributed by atoms with van der Waals surface area (Å²) in [5, 5.41) is 6.96. The summed E-state index contributed by atoms with van der Waals surface area (Å²) >= 11 is 11.9. The summed E-state index contributed by atoms with van der Waals surface area (Å²) in [5.41, 5.74) is 0.422. The van der Waals surface area contributed by atoms with Crippen LogP contribution in [0.5, 0.6) is 0 Å². The Morgan fingerprint density at radius 1 is 1.22 bits per heavy atom. The van der Waals surface area contributed by atoms with Crippen LogP contribution in [0.15, 0.2) is 18.2 Å². The van der Waals surface area contributed by atoms with Crippen molar-refractivity contribution in [2.75, 3.05) is 26.2 Å². The molecule has 0 aliphatic carbocycles. The lowest BCUT2D eigenvalue weighted by atomic mass is 10.0. The maximum absolute atomic E-state index is 12.7. The van der Waals surface area contributed by atoms with Gasteiger partial charge in [0.05, 0.1) is 0 Å². The predicted octanol–water partition coefficient (Wildman–Crippen LogP) is 1.93. The molecular weight excluding hydrogens is 337 g/mol. The average Bonchev–Trinajstić information content (AvgIpc) is 2.93. The lowest BCUT2D eigenvalue weighted by Gasteiger charge is -2.29. The molecular formula is C16H19Cl2N3O2. The molecule has 0 bridgehead atoms. The van der Waals surface area contributed by atoms with E-state index in [9.17, 15) is 9.59 Å². The van der Waals surface area contributed by atoms with Crippen molar-refractivity contribution in [3.63, 3.8) is 0 Å². The van der Waals surface area contributed by atoms with E-state index in [-0.39, 0.29) is 11.8 Å². The second kappa shape index (κ2) is 7.07. The molecule has 2 aliphatic rings. The van der Waals surface area contributed by atoms with Gasteiger partial charge in [0.25, 0.3) is 5.91 Å². The Bertz CT molecular complexity index is 599. The number of benzene rings is 1. The van der Waals surface area contributed by atoms with Crippen LogP contribution in [0.4, 0.5) is 0 Å². The fourth-order valence-electron chi connectivity index (χ4n) is 2.98. The molecule has 7 heteroatoms. The van der Waals surface area contributed by atoms with Gasteiger partial charge in [-0.2, -0.15) is 0 Å². The second-order valence-corrected chi connectivity index (χ2v) is 6.96. The highest BCUT2D eigenvalue weighted by Crippen LogP contribution is 2.24. The lowest BCUT2D eigenvalue weighted by Crippen LogP contribution is -2.51. The van der Waals surface area contributed by atoms with E-state index in [4.69, 9.17) is 23.2 Å². The Hall–Kier alpha value is -1.30. The van der Waals surface area contributed by atoms with Crippen LogP contribution in [0.25, 0.3) is 0 Å².